The van der Waals surface area contributed by atoms with Gasteiger partial charge in [-0.1, -0.05) is 139 Å². The Kier molecular flexibility index (Phi) is 34.7. The lowest BCUT2D eigenvalue weighted by atomic mass is 10.0. The summed E-state index contributed by atoms with van der Waals surface area (Å²) in [5.41, 5.74) is 16.0. The molecule has 0 spiro atoms. The molecule has 0 fully saturated rings. The molecular weight excluding hydrogens is 458 g/mol. The molecule has 0 aliphatic heterocycles. The highest BCUT2D eigenvalue weighted by molar-refractivity contribution is 5.64. The summed E-state index contributed by atoms with van der Waals surface area (Å²) in [6, 6.07) is 15.1. The Morgan fingerprint density at radius 2 is 1.34 bits per heavy atom. The number of allylic oxidation sites excluding steroid dienone is 4. The molecule has 0 bridgehead atoms. The summed E-state index contributed by atoms with van der Waals surface area (Å²) >= 11 is 0. The van der Waals surface area contributed by atoms with Crippen LogP contribution in [0.2, 0.25) is 0 Å². The average molecular weight is 524 g/mol. The third kappa shape index (κ3) is 21.7. The lowest BCUT2D eigenvalue weighted by Gasteiger charge is -2.06. The van der Waals surface area contributed by atoms with Crippen molar-refractivity contribution in [2.45, 2.75) is 122 Å². The molecule has 0 atom stereocenters. The Balaban J connectivity index is -0.000000211. The Hall–Kier alpha value is -2.38. The van der Waals surface area contributed by atoms with E-state index in [1.165, 1.54) is 51.8 Å². The molecule has 0 heterocycles. The van der Waals surface area contributed by atoms with Gasteiger partial charge in [0, 0.05) is 0 Å². The minimum absolute atomic E-state index is 0.814. The van der Waals surface area contributed by atoms with E-state index >= 15 is 0 Å². The highest BCUT2D eigenvalue weighted by atomic mass is 14.5. The molecule has 218 valence electrons. The van der Waals surface area contributed by atoms with Gasteiger partial charge in [0.25, 0.3) is 0 Å². The molecule has 38 heavy (non-hydrogen) atoms. The monoisotopic (exact) mass is 524 g/mol. The number of rotatable bonds is 8. The molecule has 0 saturated carbocycles. The maximum atomic E-state index is 5.46. The molecule has 1 heteroatoms. The molecule has 0 aliphatic rings. The smallest absolute Gasteiger partial charge is 0.00772 e. The Morgan fingerprint density at radius 1 is 0.816 bits per heavy atom. The van der Waals surface area contributed by atoms with E-state index in [0.717, 1.165) is 31.4 Å². The molecule has 2 aromatic carbocycles. The van der Waals surface area contributed by atoms with Crippen molar-refractivity contribution in [3.05, 3.63) is 101 Å². The number of hydrogen-bond acceptors (Lipinski definition) is 1. The van der Waals surface area contributed by atoms with E-state index in [0.29, 0.717) is 0 Å². The first-order chi connectivity index (χ1) is 18.2. The van der Waals surface area contributed by atoms with Gasteiger partial charge >= 0.3 is 0 Å². The predicted octanol–water partition coefficient (Wildman–Crippen LogP) is 11.9. The topological polar surface area (TPSA) is 26.0 Å². The van der Waals surface area contributed by atoms with Crippen LogP contribution in [0.3, 0.4) is 0 Å². The van der Waals surface area contributed by atoms with Crippen LogP contribution in [0.4, 0.5) is 0 Å². The summed E-state index contributed by atoms with van der Waals surface area (Å²) in [7, 11) is 0. The summed E-state index contributed by atoms with van der Waals surface area (Å²) in [6.07, 6.45) is 7.89. The molecule has 0 radical (unpaired) electrons. The summed E-state index contributed by atoms with van der Waals surface area (Å²) in [4.78, 5) is 0. The molecular formula is C37H65N. The maximum absolute atomic E-state index is 5.46. The zero-order valence-electron chi connectivity index (χ0n) is 27.9. The van der Waals surface area contributed by atoms with Gasteiger partial charge in [0.1, 0.15) is 0 Å². The van der Waals surface area contributed by atoms with Gasteiger partial charge < -0.3 is 5.73 Å². The van der Waals surface area contributed by atoms with Gasteiger partial charge in [-0.2, -0.15) is 0 Å². The van der Waals surface area contributed by atoms with Crippen molar-refractivity contribution in [2.75, 3.05) is 6.54 Å². The van der Waals surface area contributed by atoms with E-state index < -0.39 is 0 Å². The number of aryl methyl sites for hydroxylation is 4. The third-order valence-corrected chi connectivity index (χ3v) is 5.52. The Labute approximate surface area is 240 Å². The van der Waals surface area contributed by atoms with Crippen molar-refractivity contribution in [3.8, 4) is 0 Å². The van der Waals surface area contributed by atoms with Crippen LogP contribution in [-0.4, -0.2) is 6.54 Å². The summed E-state index contributed by atoms with van der Waals surface area (Å²) in [6.45, 7) is 35.3. The largest absolute Gasteiger partial charge is 0.330 e. The number of nitrogens with two attached hydrogens (primary N) is 1. The normalized spacial score (nSPS) is 9.26. The second-order valence-corrected chi connectivity index (χ2v) is 8.41. The van der Waals surface area contributed by atoms with Crippen LogP contribution < -0.4 is 5.73 Å². The van der Waals surface area contributed by atoms with E-state index in [1.54, 1.807) is 0 Å². The van der Waals surface area contributed by atoms with Gasteiger partial charge in [-0.15, -0.1) is 0 Å². The van der Waals surface area contributed by atoms with Crippen LogP contribution in [-0.2, 0) is 12.8 Å². The van der Waals surface area contributed by atoms with Crippen LogP contribution in [0.25, 0.3) is 5.57 Å². The Bertz CT molecular complexity index is 855. The number of hydrogen-bond donors (Lipinski definition) is 1. The van der Waals surface area contributed by atoms with E-state index in [-0.39, 0.29) is 0 Å². The quantitative estimate of drug-likeness (QED) is 0.270. The van der Waals surface area contributed by atoms with E-state index in [1.807, 2.05) is 62.3 Å². The fourth-order valence-electron chi connectivity index (χ4n) is 3.65. The SMILES string of the molecule is C=C(C)/C(=C/C)CC.C=C(C)c1ccc(C)cc1C.CC.CC.CC.CCc1ccccc1CCCCN. The number of unbranched alkanes of at least 4 members (excludes halogenated alkanes) is 1. The lowest BCUT2D eigenvalue weighted by molar-refractivity contribution is 0.740. The molecule has 0 saturated heterocycles. The lowest BCUT2D eigenvalue weighted by Crippen LogP contribution is -2.00. The molecule has 2 aromatic rings. The minimum atomic E-state index is 0.814. The zero-order chi connectivity index (χ0) is 30.5. The van der Waals surface area contributed by atoms with Gasteiger partial charge in [0.05, 0.1) is 0 Å². The zero-order valence-corrected chi connectivity index (χ0v) is 27.9. The van der Waals surface area contributed by atoms with Crippen LogP contribution in [0.1, 0.15) is 123 Å². The van der Waals surface area contributed by atoms with Gasteiger partial charge in [-0.25, -0.2) is 0 Å². The van der Waals surface area contributed by atoms with E-state index in [9.17, 15) is 0 Å². The highest BCUT2D eigenvalue weighted by Crippen LogP contribution is 2.17. The molecule has 2 N–H and O–H groups in total. The molecule has 0 unspecified atom stereocenters. The van der Waals surface area contributed by atoms with Gasteiger partial charge in [0.15, 0.2) is 0 Å². The van der Waals surface area contributed by atoms with Crippen LogP contribution in [0.5, 0.6) is 0 Å². The fraction of sp³-hybridized carbons (Fsp3) is 0.514. The van der Waals surface area contributed by atoms with Gasteiger partial charge in [-0.3, -0.25) is 0 Å². The van der Waals surface area contributed by atoms with Crippen LogP contribution >= 0.6 is 0 Å². The standard InChI is InChI=1S/C12H19N.C11H14.C8H14.3C2H6/c1-2-11-7-3-4-8-12(11)9-5-6-10-13;1-8(2)11-6-5-9(3)7-10(11)4;1-5-8(6-2)7(3)4;3*1-2/h3-4,7-8H,2,5-6,9-10,13H2,1H3;5-7H,1H2,2-4H3;5H,3,6H2,1-2,4H3;3*1-2H3/b;;8-5+;;;. The van der Waals surface area contributed by atoms with Crippen LogP contribution in [0, 0.1) is 13.8 Å². The van der Waals surface area contributed by atoms with Crippen molar-refractivity contribution >= 4 is 5.57 Å². The third-order valence-electron chi connectivity index (χ3n) is 5.52. The van der Waals surface area contributed by atoms with Gasteiger partial charge in [-0.05, 0) is 95.5 Å². The molecule has 1 nitrogen and oxygen atoms in total. The summed E-state index contributed by atoms with van der Waals surface area (Å²) in [5, 5.41) is 0. The van der Waals surface area contributed by atoms with Gasteiger partial charge in [0.2, 0.25) is 0 Å². The van der Waals surface area contributed by atoms with E-state index in [2.05, 4.69) is 89.4 Å². The first-order valence-electron chi connectivity index (χ1n) is 15.0. The molecule has 0 aliphatic carbocycles. The summed E-state index contributed by atoms with van der Waals surface area (Å²) in [5.74, 6) is 0. The van der Waals surface area contributed by atoms with Crippen molar-refractivity contribution in [2.24, 2.45) is 5.73 Å². The minimum Gasteiger partial charge on any atom is -0.330 e. The van der Waals surface area contributed by atoms with Crippen molar-refractivity contribution in [1.29, 1.82) is 0 Å². The molecule has 2 rings (SSSR count). The molecule has 0 aromatic heterocycles. The first-order valence-corrected chi connectivity index (χ1v) is 15.0. The van der Waals surface area contributed by atoms with E-state index in [4.69, 9.17) is 5.73 Å². The van der Waals surface area contributed by atoms with Crippen molar-refractivity contribution < 1.29 is 0 Å². The fourth-order valence-corrected chi connectivity index (χ4v) is 3.65. The second-order valence-electron chi connectivity index (χ2n) is 8.41. The van der Waals surface area contributed by atoms with Crippen LogP contribution in [0.15, 0.2) is 72.8 Å². The highest BCUT2D eigenvalue weighted by Gasteiger charge is 1.98. The van der Waals surface area contributed by atoms with Crippen molar-refractivity contribution in [1.82, 2.24) is 0 Å². The van der Waals surface area contributed by atoms with Crippen molar-refractivity contribution in [3.63, 3.8) is 0 Å². The first kappa shape index (κ1) is 42.7. The second kappa shape index (κ2) is 30.8. The maximum Gasteiger partial charge on any atom is -0.00772 e. The number of benzene rings is 2. The average Bonchev–Trinajstić information content (AvgIpc) is 2.93. The Morgan fingerprint density at radius 3 is 1.68 bits per heavy atom. The summed E-state index contributed by atoms with van der Waals surface area (Å²) < 4.78 is 0. The molecule has 0 amide bonds. The predicted molar refractivity (Wildman–Crippen MR) is 181 cm³/mol.